The summed E-state index contributed by atoms with van der Waals surface area (Å²) in [5, 5.41) is 0. The summed E-state index contributed by atoms with van der Waals surface area (Å²) in [6.07, 6.45) is 6.00. The van der Waals surface area contributed by atoms with E-state index in [1.165, 1.54) is 6.08 Å². The monoisotopic (exact) mass is 612 g/mol. The van der Waals surface area contributed by atoms with Gasteiger partial charge in [0.05, 0.1) is 0 Å². The Kier molecular flexibility index (Phi) is 7.91. The second kappa shape index (κ2) is 12.4. The number of carbonyl (C=O) groups is 2. The maximum atomic E-state index is 13.6. The third-order valence-electron chi connectivity index (χ3n) is 8.06. The minimum atomic E-state index is -1.01. The van der Waals surface area contributed by atoms with Crippen molar-refractivity contribution in [2.75, 3.05) is 53.6 Å². The quantitative estimate of drug-likeness (QED) is 0.211. The van der Waals surface area contributed by atoms with E-state index in [9.17, 15) is 9.59 Å². The first-order chi connectivity index (χ1) is 22.0. The maximum absolute atomic E-state index is 13.6. The number of fused-ring (bicyclic) bond motifs is 3. The van der Waals surface area contributed by atoms with Crippen LogP contribution in [0, 0.1) is 0 Å². The van der Waals surface area contributed by atoms with Crippen LogP contribution < -0.4 is 28.4 Å². The average Bonchev–Trinajstić information content (AvgIpc) is 3.83. The molecule has 4 aliphatic heterocycles. The SMILES string of the molecule is CN1CCN(C(=O)C(Cc2ccc3c(c2)OCO3)OC(=O)/C=C/c2ccc3c(c2/C=C/c2ccc4c(c2)OCO4)OCO3)CC1. The van der Waals surface area contributed by atoms with E-state index in [4.69, 9.17) is 33.2 Å². The van der Waals surface area contributed by atoms with Gasteiger partial charge in [-0.1, -0.05) is 24.3 Å². The zero-order valence-electron chi connectivity index (χ0n) is 24.7. The lowest BCUT2D eigenvalue weighted by Gasteiger charge is -2.34. The van der Waals surface area contributed by atoms with Crippen molar-refractivity contribution in [1.82, 2.24) is 9.80 Å². The van der Waals surface area contributed by atoms with Crippen LogP contribution in [0.3, 0.4) is 0 Å². The summed E-state index contributed by atoms with van der Waals surface area (Å²) in [6, 6.07) is 14.8. The second-order valence-electron chi connectivity index (χ2n) is 11.0. The number of esters is 1. The Morgan fingerprint density at radius 3 is 2.22 bits per heavy atom. The van der Waals surface area contributed by atoms with Crippen LogP contribution in [0.15, 0.2) is 54.6 Å². The predicted molar refractivity (Wildman–Crippen MR) is 163 cm³/mol. The number of likely N-dealkylation sites (N-methyl/N-ethyl adjacent to an activating group) is 1. The number of nitrogens with zero attached hydrogens (tertiary/aromatic N) is 2. The molecule has 0 saturated carbocycles. The van der Waals surface area contributed by atoms with E-state index in [-0.39, 0.29) is 32.7 Å². The highest BCUT2D eigenvalue weighted by molar-refractivity contribution is 5.92. The number of carbonyl (C=O) groups excluding carboxylic acids is 2. The molecular weight excluding hydrogens is 580 g/mol. The fourth-order valence-corrected chi connectivity index (χ4v) is 5.55. The van der Waals surface area contributed by atoms with Gasteiger partial charge in [0.1, 0.15) is 0 Å². The maximum Gasteiger partial charge on any atom is 0.331 e. The fraction of sp³-hybridized carbons (Fsp3) is 0.294. The predicted octanol–water partition coefficient (Wildman–Crippen LogP) is 3.98. The molecule has 0 aliphatic carbocycles. The second-order valence-corrected chi connectivity index (χ2v) is 11.0. The van der Waals surface area contributed by atoms with Crippen molar-refractivity contribution in [2.24, 2.45) is 0 Å². The molecule has 1 saturated heterocycles. The van der Waals surface area contributed by atoms with Crippen molar-refractivity contribution in [2.45, 2.75) is 12.5 Å². The van der Waals surface area contributed by atoms with Gasteiger partial charge in [0.25, 0.3) is 5.91 Å². The van der Waals surface area contributed by atoms with Crippen molar-refractivity contribution in [1.29, 1.82) is 0 Å². The zero-order chi connectivity index (χ0) is 30.8. The molecule has 0 radical (unpaired) electrons. The molecule has 11 nitrogen and oxygen atoms in total. The lowest BCUT2D eigenvalue weighted by molar-refractivity contribution is -0.157. The molecule has 3 aromatic carbocycles. The van der Waals surface area contributed by atoms with Crippen LogP contribution >= 0.6 is 0 Å². The van der Waals surface area contributed by atoms with E-state index >= 15 is 0 Å². The number of piperazine rings is 1. The van der Waals surface area contributed by atoms with Gasteiger partial charge in [-0.25, -0.2) is 4.79 Å². The van der Waals surface area contributed by atoms with E-state index < -0.39 is 12.1 Å². The molecule has 3 aromatic rings. The number of rotatable bonds is 8. The van der Waals surface area contributed by atoms with Gasteiger partial charge in [-0.2, -0.15) is 0 Å². The van der Waals surface area contributed by atoms with Crippen LogP contribution in [0.25, 0.3) is 18.2 Å². The highest BCUT2D eigenvalue weighted by Gasteiger charge is 2.30. The third kappa shape index (κ3) is 6.25. The van der Waals surface area contributed by atoms with Crippen molar-refractivity contribution >= 4 is 30.1 Å². The zero-order valence-corrected chi connectivity index (χ0v) is 24.7. The van der Waals surface area contributed by atoms with Crippen LogP contribution in [0.2, 0.25) is 0 Å². The molecule has 45 heavy (non-hydrogen) atoms. The topological polar surface area (TPSA) is 105 Å². The number of hydrogen-bond acceptors (Lipinski definition) is 10. The van der Waals surface area contributed by atoms with Crippen molar-refractivity contribution in [3.8, 4) is 34.5 Å². The van der Waals surface area contributed by atoms with Gasteiger partial charge in [-0.3, -0.25) is 4.79 Å². The van der Waals surface area contributed by atoms with Gasteiger partial charge in [-0.15, -0.1) is 0 Å². The molecule has 1 fully saturated rings. The van der Waals surface area contributed by atoms with Crippen LogP contribution in [0.1, 0.15) is 22.3 Å². The number of amides is 1. The van der Waals surface area contributed by atoms with Gasteiger partial charge < -0.3 is 43.0 Å². The molecule has 0 spiro atoms. The molecule has 4 aliphatic rings. The minimum absolute atomic E-state index is 0.103. The minimum Gasteiger partial charge on any atom is -0.454 e. The van der Waals surface area contributed by atoms with Crippen molar-refractivity contribution in [3.63, 3.8) is 0 Å². The smallest absolute Gasteiger partial charge is 0.331 e. The van der Waals surface area contributed by atoms with Crippen LogP contribution in [0.4, 0.5) is 0 Å². The Balaban J connectivity index is 1.11. The molecule has 0 bridgehead atoms. The fourth-order valence-electron chi connectivity index (χ4n) is 5.55. The highest BCUT2D eigenvalue weighted by atomic mass is 16.7. The number of hydrogen-bond donors (Lipinski definition) is 0. The summed E-state index contributed by atoms with van der Waals surface area (Å²) >= 11 is 0. The normalized spacial score (nSPS) is 17.3. The van der Waals surface area contributed by atoms with Crippen LogP contribution in [0.5, 0.6) is 34.5 Å². The third-order valence-corrected chi connectivity index (χ3v) is 8.06. The van der Waals surface area contributed by atoms with Gasteiger partial charge >= 0.3 is 5.97 Å². The Labute approximate surface area is 260 Å². The Morgan fingerprint density at radius 2 is 1.42 bits per heavy atom. The van der Waals surface area contributed by atoms with Gasteiger partial charge in [-0.05, 0) is 66.2 Å². The molecule has 0 aromatic heterocycles. The highest BCUT2D eigenvalue weighted by Crippen LogP contribution is 2.40. The Morgan fingerprint density at radius 1 is 0.756 bits per heavy atom. The molecule has 0 N–H and O–H groups in total. The van der Waals surface area contributed by atoms with Crippen LogP contribution in [-0.2, 0) is 20.7 Å². The summed E-state index contributed by atoms with van der Waals surface area (Å²) in [7, 11) is 2.02. The lowest BCUT2D eigenvalue weighted by Crippen LogP contribution is -2.51. The van der Waals surface area contributed by atoms with E-state index in [2.05, 4.69) is 4.90 Å². The molecule has 232 valence electrons. The van der Waals surface area contributed by atoms with Crippen molar-refractivity contribution < 1.29 is 42.7 Å². The van der Waals surface area contributed by atoms with E-state index in [1.807, 2.05) is 55.6 Å². The Bertz CT molecular complexity index is 1680. The summed E-state index contributed by atoms with van der Waals surface area (Å²) in [6.45, 7) is 3.09. The molecule has 11 heteroatoms. The first-order valence-corrected chi connectivity index (χ1v) is 14.7. The summed E-state index contributed by atoms with van der Waals surface area (Å²) in [4.78, 5) is 30.8. The average molecular weight is 613 g/mol. The molecule has 1 unspecified atom stereocenters. The van der Waals surface area contributed by atoms with E-state index in [0.717, 1.165) is 29.8 Å². The van der Waals surface area contributed by atoms with Gasteiger partial charge in [0, 0.05) is 44.2 Å². The molecular formula is C34H32N2O9. The summed E-state index contributed by atoms with van der Waals surface area (Å²) in [5.41, 5.74) is 3.15. The lowest BCUT2D eigenvalue weighted by atomic mass is 10.0. The summed E-state index contributed by atoms with van der Waals surface area (Å²) < 4.78 is 39.0. The number of ether oxygens (including phenoxy) is 7. The van der Waals surface area contributed by atoms with E-state index in [0.29, 0.717) is 53.2 Å². The molecule has 4 heterocycles. The van der Waals surface area contributed by atoms with Crippen LogP contribution in [-0.4, -0.2) is 81.4 Å². The first kappa shape index (κ1) is 28.6. The summed E-state index contributed by atoms with van der Waals surface area (Å²) in [5.74, 6) is 2.97. The molecule has 1 amide bonds. The Hall–Kier alpha value is -5.16. The van der Waals surface area contributed by atoms with E-state index in [1.54, 1.807) is 23.1 Å². The standard InChI is InChI=1S/C34H32N2O9/c1-35-12-14-36(15-13-35)34(38)31(18-23-4-9-27-30(17-23)43-20-40-27)45-32(37)11-6-24-5-10-28-33(44-21-41-28)25(24)7-2-22-3-8-26-29(16-22)42-19-39-26/h2-11,16-17,31H,12-15,18-21H2,1H3/b7-2+,11-6+. The molecule has 7 rings (SSSR count). The van der Waals surface area contributed by atoms with Gasteiger partial charge in [0.15, 0.2) is 40.6 Å². The van der Waals surface area contributed by atoms with Gasteiger partial charge in [0.2, 0.25) is 20.4 Å². The molecule has 1 atom stereocenters. The van der Waals surface area contributed by atoms with Crippen molar-refractivity contribution in [3.05, 3.63) is 76.9 Å². The number of benzene rings is 3. The largest absolute Gasteiger partial charge is 0.454 e. The first-order valence-electron chi connectivity index (χ1n) is 14.7.